The van der Waals surface area contributed by atoms with E-state index in [0.717, 1.165) is 5.57 Å². The van der Waals surface area contributed by atoms with E-state index < -0.39 is 0 Å². The third kappa shape index (κ3) is 0.932. The highest BCUT2D eigenvalue weighted by Gasteiger charge is 2.01. The first kappa shape index (κ1) is 5.03. The number of hydrogen-bond donors (Lipinski definition) is 0. The molecule has 0 aromatic carbocycles. The normalized spacial score (nSPS) is 17.6. The number of carbonyl (C=O) groups excluding carboxylic acids is 1. The molecule has 1 aliphatic rings. The average molecular weight is 108 g/mol. The van der Waals surface area contributed by atoms with Crippen molar-refractivity contribution in [3.05, 3.63) is 11.6 Å². The zero-order valence-corrected chi connectivity index (χ0v) is 4.38. The Hall–Kier alpha value is -1.12. The molecule has 0 aromatic rings. The van der Waals surface area contributed by atoms with Gasteiger partial charge in [-0.2, -0.15) is 0 Å². The van der Waals surface area contributed by atoms with Crippen LogP contribution in [-0.4, -0.2) is 12.1 Å². The summed E-state index contributed by atoms with van der Waals surface area (Å²) in [6.07, 6.45) is 3.89. The van der Waals surface area contributed by atoms with Crippen LogP contribution < -0.4 is 5.43 Å². The first-order valence-corrected chi connectivity index (χ1v) is 2.18. The number of nitrogens with zero attached hydrogens (tertiary/aromatic N) is 2. The first-order valence-electron chi connectivity index (χ1n) is 2.18. The number of rotatable bonds is 0. The van der Waals surface area contributed by atoms with E-state index in [4.69, 9.17) is 0 Å². The Balaban J connectivity index is 2.77. The molecule has 1 heterocycles. The Morgan fingerprint density at radius 3 is 2.88 bits per heavy atom. The summed E-state index contributed by atoms with van der Waals surface area (Å²) >= 11 is 0. The molecular formula is C5H4N2O. The molecule has 1 rings (SSSR count). The van der Waals surface area contributed by atoms with Gasteiger partial charge in [0.25, 0.3) is 5.91 Å². The summed E-state index contributed by atoms with van der Waals surface area (Å²) in [6.45, 7) is 1.75. The van der Waals surface area contributed by atoms with Gasteiger partial charge in [0.15, 0.2) is 0 Å². The molecule has 3 nitrogen and oxygen atoms in total. The summed E-state index contributed by atoms with van der Waals surface area (Å²) in [4.78, 5) is 10.3. The highest BCUT2D eigenvalue weighted by molar-refractivity contribution is 5.97. The van der Waals surface area contributed by atoms with Crippen molar-refractivity contribution in [2.24, 2.45) is 5.10 Å². The molecule has 0 fully saturated rings. The van der Waals surface area contributed by atoms with Crippen LogP contribution in [0.3, 0.4) is 0 Å². The summed E-state index contributed by atoms with van der Waals surface area (Å²) in [5, 5.41) is 3.30. The van der Waals surface area contributed by atoms with Gasteiger partial charge in [0, 0.05) is 6.08 Å². The van der Waals surface area contributed by atoms with Crippen LogP contribution in [0.15, 0.2) is 16.8 Å². The molecule has 0 atom stereocenters. The van der Waals surface area contributed by atoms with Crippen LogP contribution in [0, 0.1) is 0 Å². The molecule has 0 spiro atoms. The van der Waals surface area contributed by atoms with Crippen LogP contribution in [0.4, 0.5) is 0 Å². The Kier molecular flexibility index (Phi) is 1.12. The zero-order chi connectivity index (χ0) is 5.98. The molecule has 1 aliphatic heterocycles. The van der Waals surface area contributed by atoms with Gasteiger partial charge >= 0.3 is 0 Å². The maximum absolute atomic E-state index is 10.3. The van der Waals surface area contributed by atoms with E-state index in [2.05, 4.69) is 16.7 Å². The predicted molar refractivity (Wildman–Crippen MR) is 28.3 cm³/mol. The van der Waals surface area contributed by atoms with Crippen molar-refractivity contribution in [3.63, 3.8) is 0 Å². The second kappa shape index (κ2) is 1.78. The number of allylic oxidation sites excluding steroid dienone is 1. The molecule has 3 heteroatoms. The average Bonchev–Trinajstić information content (AvgIpc) is 1.64. The Morgan fingerprint density at radius 2 is 2.50 bits per heavy atom. The highest BCUT2D eigenvalue weighted by atomic mass is 16.2. The summed E-state index contributed by atoms with van der Waals surface area (Å²) in [6, 6.07) is 0. The fraction of sp³-hybridized carbons (Fsp3) is 0.200. The number of amides is 1. The molecule has 40 valence electrons. The molecular weight excluding hydrogens is 104 g/mol. The smallest absolute Gasteiger partial charge is 0.266 e. The number of carbonyl (C=O) groups is 1. The molecule has 0 bridgehead atoms. The topological polar surface area (TPSA) is 43.5 Å². The van der Waals surface area contributed by atoms with E-state index in [1.807, 2.05) is 0 Å². The second-order valence-corrected chi connectivity index (χ2v) is 1.48. The molecule has 0 saturated heterocycles. The molecule has 2 radical (unpaired) electrons. The minimum Gasteiger partial charge on any atom is -0.266 e. The Labute approximate surface area is 47.1 Å². The van der Waals surface area contributed by atoms with Crippen LogP contribution in [0.2, 0.25) is 0 Å². The Morgan fingerprint density at radius 1 is 1.75 bits per heavy atom. The quantitative estimate of drug-likeness (QED) is 0.428. The third-order valence-electron chi connectivity index (χ3n) is 0.715. The molecule has 0 aromatic heterocycles. The van der Waals surface area contributed by atoms with Crippen molar-refractivity contribution in [2.75, 3.05) is 0 Å². The fourth-order valence-corrected chi connectivity index (χ4v) is 0.400. The van der Waals surface area contributed by atoms with Crippen LogP contribution in [-0.2, 0) is 4.79 Å². The predicted octanol–water partition coefficient (Wildman–Crippen LogP) is -0.0599. The maximum Gasteiger partial charge on any atom is 0.288 e. The van der Waals surface area contributed by atoms with Crippen LogP contribution in [0.25, 0.3) is 0 Å². The zero-order valence-electron chi connectivity index (χ0n) is 4.38. The lowest BCUT2D eigenvalue weighted by molar-refractivity contribution is -0.116. The van der Waals surface area contributed by atoms with Gasteiger partial charge < -0.3 is 0 Å². The van der Waals surface area contributed by atoms with E-state index in [9.17, 15) is 4.79 Å². The van der Waals surface area contributed by atoms with Crippen molar-refractivity contribution in [2.45, 2.75) is 6.92 Å². The summed E-state index contributed by atoms with van der Waals surface area (Å²) in [5.41, 5.74) is 3.91. The van der Waals surface area contributed by atoms with E-state index in [0.29, 0.717) is 0 Å². The Bertz CT molecular complexity index is 169. The van der Waals surface area contributed by atoms with Gasteiger partial charge in [0.2, 0.25) is 0 Å². The van der Waals surface area contributed by atoms with E-state index in [-0.39, 0.29) is 5.91 Å². The number of hydrogen-bond acceptors (Lipinski definition) is 2. The highest BCUT2D eigenvalue weighted by Crippen LogP contribution is 1.91. The van der Waals surface area contributed by atoms with Crippen molar-refractivity contribution < 1.29 is 4.79 Å². The van der Waals surface area contributed by atoms with E-state index in [1.54, 1.807) is 6.92 Å². The SMILES string of the molecule is CC1=CC(=O)[N]N=[C]1. The standard InChI is InChI=1S/C5H4N2O/c1-4-2-5(8)7-6-3-4/h2H,1H3. The van der Waals surface area contributed by atoms with E-state index >= 15 is 0 Å². The minimum absolute atomic E-state index is 0.304. The molecule has 8 heavy (non-hydrogen) atoms. The fourth-order valence-electron chi connectivity index (χ4n) is 0.400. The summed E-state index contributed by atoms with van der Waals surface area (Å²) < 4.78 is 0. The van der Waals surface area contributed by atoms with Crippen LogP contribution >= 0.6 is 0 Å². The van der Waals surface area contributed by atoms with Gasteiger partial charge in [-0.15, -0.1) is 10.5 Å². The van der Waals surface area contributed by atoms with Crippen molar-refractivity contribution >= 4 is 12.1 Å². The van der Waals surface area contributed by atoms with Gasteiger partial charge in [-0.25, -0.2) is 0 Å². The maximum atomic E-state index is 10.3. The van der Waals surface area contributed by atoms with E-state index in [1.165, 1.54) is 6.08 Å². The van der Waals surface area contributed by atoms with Crippen LogP contribution in [0.5, 0.6) is 0 Å². The summed E-state index contributed by atoms with van der Waals surface area (Å²) in [7, 11) is 0. The molecule has 0 N–H and O–H groups in total. The monoisotopic (exact) mass is 108 g/mol. The minimum atomic E-state index is -0.304. The van der Waals surface area contributed by atoms with Crippen LogP contribution in [0.1, 0.15) is 6.92 Å². The lowest BCUT2D eigenvalue weighted by Crippen LogP contribution is -2.11. The van der Waals surface area contributed by atoms with Gasteiger partial charge in [-0.05, 0) is 12.5 Å². The van der Waals surface area contributed by atoms with Gasteiger partial charge in [0.05, 0.1) is 0 Å². The van der Waals surface area contributed by atoms with Crippen molar-refractivity contribution in [3.8, 4) is 0 Å². The third-order valence-corrected chi connectivity index (χ3v) is 0.715. The van der Waals surface area contributed by atoms with Gasteiger partial charge in [0.1, 0.15) is 6.21 Å². The lowest BCUT2D eigenvalue weighted by atomic mass is 10.3. The molecule has 0 unspecified atom stereocenters. The molecule has 0 aliphatic carbocycles. The first-order chi connectivity index (χ1) is 3.79. The summed E-state index contributed by atoms with van der Waals surface area (Å²) in [5.74, 6) is -0.304. The van der Waals surface area contributed by atoms with Crippen molar-refractivity contribution in [1.82, 2.24) is 5.43 Å². The lowest BCUT2D eigenvalue weighted by Gasteiger charge is -1.94. The largest absolute Gasteiger partial charge is 0.288 e. The molecule has 0 saturated carbocycles. The van der Waals surface area contributed by atoms with Crippen molar-refractivity contribution in [1.29, 1.82) is 0 Å². The van der Waals surface area contributed by atoms with Gasteiger partial charge in [-0.3, -0.25) is 4.79 Å². The molecule has 1 amide bonds. The van der Waals surface area contributed by atoms with Gasteiger partial charge in [-0.1, -0.05) is 0 Å². The second-order valence-electron chi connectivity index (χ2n) is 1.48.